The van der Waals surface area contributed by atoms with Crippen LogP contribution in [0.3, 0.4) is 0 Å². The van der Waals surface area contributed by atoms with E-state index >= 15 is 0 Å². The van der Waals surface area contributed by atoms with Crippen LogP contribution < -0.4 is 16.0 Å². The van der Waals surface area contributed by atoms with Crippen LogP contribution in [0.1, 0.15) is 44.6 Å². The molecule has 0 unspecified atom stereocenters. The van der Waals surface area contributed by atoms with Gasteiger partial charge < -0.3 is 25.6 Å². The largest absolute Gasteiger partial charge is 0.385 e. The summed E-state index contributed by atoms with van der Waals surface area (Å²) >= 11 is 0. The van der Waals surface area contributed by atoms with Crippen molar-refractivity contribution in [1.29, 1.82) is 0 Å². The van der Waals surface area contributed by atoms with Gasteiger partial charge in [-0.25, -0.2) is 4.99 Å². The molecule has 1 fully saturated rings. The number of hydrogen-bond donors (Lipinski definition) is 3. The van der Waals surface area contributed by atoms with E-state index in [0.29, 0.717) is 6.54 Å². The Labute approximate surface area is 181 Å². The molecule has 0 bridgehead atoms. The maximum atomic E-state index is 12.4. The smallest absolute Gasteiger partial charge is 0.227 e. The standard InChI is InChI=1S/C23H39N5O2/c1-4-24-23(25-13-15-28(2)14-8-16-30-3)26-18-19-9-7-12-21(17-19)27-22(29)20-10-5-6-11-20/h7,9,12,17,20H,4-6,8,10-11,13-16,18H2,1-3H3,(H,27,29)(H2,24,25,26). The third-order valence-electron chi connectivity index (χ3n) is 5.36. The second-order valence-corrected chi connectivity index (χ2v) is 7.94. The van der Waals surface area contributed by atoms with E-state index in [4.69, 9.17) is 9.73 Å². The highest BCUT2D eigenvalue weighted by molar-refractivity contribution is 5.92. The Balaban J connectivity index is 1.82. The van der Waals surface area contributed by atoms with Gasteiger partial charge in [-0.3, -0.25) is 4.79 Å². The van der Waals surface area contributed by atoms with Crippen LogP contribution in [0.5, 0.6) is 0 Å². The first-order chi connectivity index (χ1) is 14.6. The fourth-order valence-corrected chi connectivity index (χ4v) is 3.65. The Morgan fingerprint density at radius 3 is 2.77 bits per heavy atom. The first-order valence-corrected chi connectivity index (χ1v) is 11.2. The maximum Gasteiger partial charge on any atom is 0.227 e. The summed E-state index contributed by atoms with van der Waals surface area (Å²) in [6.07, 6.45) is 5.38. The number of rotatable bonds is 12. The number of carbonyl (C=O) groups is 1. The molecule has 30 heavy (non-hydrogen) atoms. The molecular weight excluding hydrogens is 378 g/mol. The number of nitrogens with one attached hydrogen (secondary N) is 3. The fraction of sp³-hybridized carbons (Fsp3) is 0.652. The van der Waals surface area contributed by atoms with Crippen LogP contribution in [0, 0.1) is 5.92 Å². The van der Waals surface area contributed by atoms with E-state index in [9.17, 15) is 4.79 Å². The minimum Gasteiger partial charge on any atom is -0.385 e. The number of hydrogen-bond acceptors (Lipinski definition) is 4. The number of guanidine groups is 1. The van der Waals surface area contributed by atoms with Gasteiger partial charge in [0.15, 0.2) is 5.96 Å². The minimum absolute atomic E-state index is 0.151. The van der Waals surface area contributed by atoms with Crippen LogP contribution in [0.4, 0.5) is 5.69 Å². The average molecular weight is 418 g/mol. The van der Waals surface area contributed by atoms with Gasteiger partial charge in [-0.1, -0.05) is 25.0 Å². The van der Waals surface area contributed by atoms with E-state index in [1.165, 1.54) is 0 Å². The lowest BCUT2D eigenvalue weighted by atomic mass is 10.1. The van der Waals surface area contributed by atoms with Crippen LogP contribution >= 0.6 is 0 Å². The Kier molecular flexibility index (Phi) is 11.3. The molecule has 0 radical (unpaired) electrons. The number of methoxy groups -OCH3 is 1. The molecule has 0 heterocycles. The highest BCUT2D eigenvalue weighted by Gasteiger charge is 2.22. The summed E-state index contributed by atoms with van der Waals surface area (Å²) < 4.78 is 5.10. The van der Waals surface area contributed by atoms with Gasteiger partial charge in [-0.15, -0.1) is 0 Å². The summed E-state index contributed by atoms with van der Waals surface area (Å²) in [5, 5.41) is 9.76. The van der Waals surface area contributed by atoms with Crippen LogP contribution in [0.2, 0.25) is 0 Å². The van der Waals surface area contributed by atoms with E-state index in [-0.39, 0.29) is 11.8 Å². The lowest BCUT2D eigenvalue weighted by Gasteiger charge is -2.18. The predicted molar refractivity (Wildman–Crippen MR) is 124 cm³/mol. The molecule has 0 spiro atoms. The molecule has 1 saturated carbocycles. The number of ether oxygens (including phenoxy) is 1. The second kappa shape index (κ2) is 14.0. The van der Waals surface area contributed by atoms with Crippen molar-refractivity contribution in [2.45, 2.75) is 45.6 Å². The second-order valence-electron chi connectivity index (χ2n) is 7.94. The normalized spacial score (nSPS) is 14.9. The quantitative estimate of drug-likeness (QED) is 0.277. The Hall–Kier alpha value is -2.12. The van der Waals surface area contributed by atoms with E-state index in [1.54, 1.807) is 7.11 Å². The first kappa shape index (κ1) is 24.2. The summed E-state index contributed by atoms with van der Waals surface area (Å²) in [6, 6.07) is 7.98. The van der Waals surface area contributed by atoms with E-state index in [2.05, 4.69) is 34.8 Å². The third-order valence-corrected chi connectivity index (χ3v) is 5.36. The number of nitrogens with zero attached hydrogens (tertiary/aromatic N) is 2. The molecule has 1 aliphatic carbocycles. The third kappa shape index (κ3) is 9.13. The van der Waals surface area contributed by atoms with Crippen molar-refractivity contribution in [3.8, 4) is 0 Å². The molecule has 7 nitrogen and oxygen atoms in total. The number of benzene rings is 1. The van der Waals surface area contributed by atoms with Gasteiger partial charge in [0.1, 0.15) is 0 Å². The van der Waals surface area contributed by atoms with Crippen molar-refractivity contribution >= 4 is 17.6 Å². The SMILES string of the molecule is CCNC(=NCc1cccc(NC(=O)C2CCCC2)c1)NCCN(C)CCCOC. The zero-order valence-corrected chi connectivity index (χ0v) is 18.9. The van der Waals surface area contributed by atoms with Gasteiger partial charge in [0.05, 0.1) is 6.54 Å². The predicted octanol–water partition coefficient (Wildman–Crippen LogP) is 2.84. The summed E-state index contributed by atoms with van der Waals surface area (Å²) in [6.45, 7) is 7.01. The van der Waals surface area contributed by atoms with Gasteiger partial charge in [0, 0.05) is 51.5 Å². The monoisotopic (exact) mass is 417 g/mol. The maximum absolute atomic E-state index is 12.4. The van der Waals surface area contributed by atoms with Crippen molar-refractivity contribution in [1.82, 2.24) is 15.5 Å². The summed E-state index contributed by atoms with van der Waals surface area (Å²) in [7, 11) is 3.85. The topological polar surface area (TPSA) is 78.0 Å². The number of carbonyl (C=O) groups excluding carboxylic acids is 1. The van der Waals surface area contributed by atoms with Gasteiger partial charge in [0.2, 0.25) is 5.91 Å². The molecule has 0 saturated heterocycles. The molecule has 1 aromatic rings. The van der Waals surface area contributed by atoms with Crippen LogP contribution in [-0.2, 0) is 16.1 Å². The molecule has 2 rings (SSSR count). The Bertz CT molecular complexity index is 659. The van der Waals surface area contributed by atoms with Crippen LogP contribution in [0.15, 0.2) is 29.3 Å². The summed E-state index contributed by atoms with van der Waals surface area (Å²) in [5.41, 5.74) is 1.93. The van der Waals surface area contributed by atoms with E-state index in [0.717, 1.165) is 82.1 Å². The highest BCUT2D eigenvalue weighted by Crippen LogP contribution is 2.26. The van der Waals surface area contributed by atoms with Crippen molar-refractivity contribution < 1.29 is 9.53 Å². The van der Waals surface area contributed by atoms with Crippen LogP contribution in [0.25, 0.3) is 0 Å². The summed E-state index contributed by atoms with van der Waals surface area (Å²) in [4.78, 5) is 19.3. The lowest BCUT2D eigenvalue weighted by Crippen LogP contribution is -2.41. The van der Waals surface area contributed by atoms with Crippen molar-refractivity contribution in [2.75, 3.05) is 52.3 Å². The van der Waals surface area contributed by atoms with E-state index < -0.39 is 0 Å². The zero-order chi connectivity index (χ0) is 21.6. The van der Waals surface area contributed by atoms with Crippen molar-refractivity contribution in [3.63, 3.8) is 0 Å². The zero-order valence-electron chi connectivity index (χ0n) is 18.9. The average Bonchev–Trinajstić information content (AvgIpc) is 3.28. The molecule has 7 heteroatoms. The number of likely N-dealkylation sites (N-methyl/N-ethyl adjacent to an activating group) is 1. The molecule has 168 valence electrons. The van der Waals surface area contributed by atoms with Crippen molar-refractivity contribution in [3.05, 3.63) is 29.8 Å². The molecular formula is C23H39N5O2. The summed E-state index contributed by atoms with van der Waals surface area (Å²) in [5.74, 6) is 1.13. The van der Waals surface area contributed by atoms with Gasteiger partial charge >= 0.3 is 0 Å². The molecule has 1 amide bonds. The number of aliphatic imine (C=N–C) groups is 1. The molecule has 0 atom stereocenters. The number of amides is 1. The van der Waals surface area contributed by atoms with Crippen molar-refractivity contribution in [2.24, 2.45) is 10.9 Å². The van der Waals surface area contributed by atoms with Gasteiger partial charge in [-0.05, 0) is 50.9 Å². The fourth-order valence-electron chi connectivity index (χ4n) is 3.65. The highest BCUT2D eigenvalue weighted by atomic mass is 16.5. The minimum atomic E-state index is 0.151. The van der Waals surface area contributed by atoms with Crippen LogP contribution in [-0.4, -0.2) is 63.7 Å². The van der Waals surface area contributed by atoms with E-state index in [1.807, 2.05) is 24.3 Å². The lowest BCUT2D eigenvalue weighted by molar-refractivity contribution is -0.119. The molecule has 0 aliphatic heterocycles. The molecule has 1 aromatic carbocycles. The molecule has 1 aliphatic rings. The first-order valence-electron chi connectivity index (χ1n) is 11.2. The molecule has 0 aromatic heterocycles. The molecule has 3 N–H and O–H groups in total. The Morgan fingerprint density at radius 2 is 2.03 bits per heavy atom. The number of anilines is 1. The van der Waals surface area contributed by atoms with Gasteiger partial charge in [0.25, 0.3) is 0 Å². The Morgan fingerprint density at radius 1 is 1.23 bits per heavy atom. The van der Waals surface area contributed by atoms with Gasteiger partial charge in [-0.2, -0.15) is 0 Å².